The molecule has 5 nitrogen and oxygen atoms in total. The summed E-state index contributed by atoms with van der Waals surface area (Å²) in [5.74, 6) is 0.848. The Morgan fingerprint density at radius 1 is 1.44 bits per heavy atom. The Kier molecular flexibility index (Phi) is 5.36. The van der Waals surface area contributed by atoms with Crippen LogP contribution < -0.4 is 4.74 Å². The summed E-state index contributed by atoms with van der Waals surface area (Å²) in [6, 6.07) is 4.95. The molecule has 1 atom stereocenters. The number of hydrogen-bond acceptors (Lipinski definition) is 3. The van der Waals surface area contributed by atoms with Crippen LogP contribution >= 0.6 is 0 Å². The third-order valence-corrected chi connectivity index (χ3v) is 4.78. The Labute approximate surface area is 147 Å². The van der Waals surface area contributed by atoms with E-state index in [1.165, 1.54) is 13.2 Å². The lowest BCUT2D eigenvalue weighted by molar-refractivity contribution is -0.132. The molecule has 1 aromatic heterocycles. The van der Waals surface area contributed by atoms with Gasteiger partial charge in [-0.25, -0.2) is 9.37 Å². The fourth-order valence-corrected chi connectivity index (χ4v) is 3.46. The summed E-state index contributed by atoms with van der Waals surface area (Å²) in [5.41, 5.74) is 0.669. The van der Waals surface area contributed by atoms with Gasteiger partial charge in [0.2, 0.25) is 5.91 Å². The van der Waals surface area contributed by atoms with Crippen molar-refractivity contribution in [2.45, 2.75) is 38.6 Å². The molecular weight excluding hydrogens is 321 g/mol. The zero-order chi connectivity index (χ0) is 17.8. The van der Waals surface area contributed by atoms with Crippen LogP contribution in [-0.2, 0) is 17.6 Å². The first-order chi connectivity index (χ1) is 12.1. The molecule has 25 heavy (non-hydrogen) atoms. The highest BCUT2D eigenvalue weighted by Gasteiger charge is 2.25. The number of halogens is 1. The second-order valence-electron chi connectivity index (χ2n) is 6.39. The number of carbonyl (C=O) groups excluding carboxylic acids is 1. The molecule has 134 valence electrons. The van der Waals surface area contributed by atoms with Crippen molar-refractivity contribution in [1.29, 1.82) is 0 Å². The number of methoxy groups -OCH3 is 1. The summed E-state index contributed by atoms with van der Waals surface area (Å²) in [7, 11) is 1.43. The van der Waals surface area contributed by atoms with Crippen LogP contribution in [0.2, 0.25) is 0 Å². The van der Waals surface area contributed by atoms with E-state index in [4.69, 9.17) is 4.74 Å². The normalized spacial score (nSPS) is 17.6. The van der Waals surface area contributed by atoms with E-state index in [0.717, 1.165) is 31.6 Å². The number of rotatable bonds is 5. The zero-order valence-electron chi connectivity index (χ0n) is 14.7. The number of imidazole rings is 1. The van der Waals surface area contributed by atoms with Gasteiger partial charge in [0.05, 0.1) is 19.6 Å². The van der Waals surface area contributed by atoms with Gasteiger partial charge in [-0.2, -0.15) is 0 Å². The van der Waals surface area contributed by atoms with Gasteiger partial charge in [-0.05, 0) is 30.5 Å². The number of piperidine rings is 1. The van der Waals surface area contributed by atoms with Crippen LogP contribution in [-0.4, -0.2) is 40.6 Å². The van der Waals surface area contributed by atoms with Crippen LogP contribution in [0.25, 0.3) is 0 Å². The SMILES string of the molecule is CCc1nccn1[C@H]1CCCN(C(=O)Cc2ccc(OC)c(F)c2)C1. The summed E-state index contributed by atoms with van der Waals surface area (Å²) in [4.78, 5) is 18.9. The van der Waals surface area contributed by atoms with E-state index in [1.807, 2.05) is 17.3 Å². The van der Waals surface area contributed by atoms with Gasteiger partial charge in [0.1, 0.15) is 5.82 Å². The number of nitrogens with zero attached hydrogens (tertiary/aromatic N) is 3. The molecule has 0 aliphatic carbocycles. The number of ether oxygens (including phenoxy) is 1. The fourth-order valence-electron chi connectivity index (χ4n) is 3.46. The molecule has 0 bridgehead atoms. The van der Waals surface area contributed by atoms with Crippen molar-refractivity contribution in [3.05, 3.63) is 47.8 Å². The summed E-state index contributed by atoms with van der Waals surface area (Å²) in [6.45, 7) is 3.52. The van der Waals surface area contributed by atoms with Gasteiger partial charge in [0.15, 0.2) is 11.6 Å². The van der Waals surface area contributed by atoms with Crippen LogP contribution in [0.1, 0.15) is 37.2 Å². The molecule has 0 radical (unpaired) electrons. The minimum atomic E-state index is -0.435. The van der Waals surface area contributed by atoms with Crippen molar-refractivity contribution in [3.63, 3.8) is 0 Å². The van der Waals surface area contributed by atoms with Gasteiger partial charge in [-0.1, -0.05) is 13.0 Å². The van der Waals surface area contributed by atoms with E-state index >= 15 is 0 Å². The van der Waals surface area contributed by atoms with Crippen LogP contribution in [0.3, 0.4) is 0 Å². The zero-order valence-corrected chi connectivity index (χ0v) is 14.7. The Morgan fingerprint density at radius 2 is 2.28 bits per heavy atom. The summed E-state index contributed by atoms with van der Waals surface area (Å²) < 4.78 is 20.9. The first kappa shape index (κ1) is 17.5. The van der Waals surface area contributed by atoms with Crippen molar-refractivity contribution in [1.82, 2.24) is 14.5 Å². The van der Waals surface area contributed by atoms with Crippen molar-refractivity contribution in [2.24, 2.45) is 0 Å². The molecule has 1 amide bonds. The Balaban J connectivity index is 1.67. The fraction of sp³-hybridized carbons (Fsp3) is 0.474. The van der Waals surface area contributed by atoms with E-state index in [2.05, 4.69) is 16.5 Å². The maximum absolute atomic E-state index is 13.8. The number of likely N-dealkylation sites (tertiary alicyclic amines) is 1. The predicted molar refractivity (Wildman–Crippen MR) is 93.1 cm³/mol. The van der Waals surface area contributed by atoms with Crippen LogP contribution in [0.4, 0.5) is 4.39 Å². The molecule has 2 aromatic rings. The van der Waals surface area contributed by atoms with Gasteiger partial charge in [0.25, 0.3) is 0 Å². The molecule has 1 saturated heterocycles. The second-order valence-corrected chi connectivity index (χ2v) is 6.39. The number of hydrogen-bond donors (Lipinski definition) is 0. The molecule has 1 aromatic carbocycles. The molecule has 1 fully saturated rings. The molecule has 2 heterocycles. The van der Waals surface area contributed by atoms with Gasteiger partial charge in [-0.3, -0.25) is 4.79 Å². The smallest absolute Gasteiger partial charge is 0.227 e. The number of carbonyl (C=O) groups is 1. The van der Waals surface area contributed by atoms with Crippen molar-refractivity contribution in [2.75, 3.05) is 20.2 Å². The van der Waals surface area contributed by atoms with E-state index in [1.54, 1.807) is 12.1 Å². The summed E-state index contributed by atoms with van der Waals surface area (Å²) >= 11 is 0. The summed E-state index contributed by atoms with van der Waals surface area (Å²) in [6.07, 6.45) is 6.91. The maximum atomic E-state index is 13.8. The molecule has 1 aliphatic heterocycles. The number of benzene rings is 1. The second kappa shape index (κ2) is 7.68. The van der Waals surface area contributed by atoms with E-state index in [0.29, 0.717) is 12.1 Å². The van der Waals surface area contributed by atoms with Gasteiger partial charge in [-0.15, -0.1) is 0 Å². The third-order valence-electron chi connectivity index (χ3n) is 4.78. The predicted octanol–water partition coefficient (Wildman–Crippen LogP) is 3.00. The molecule has 0 unspecified atom stereocenters. The molecule has 3 rings (SSSR count). The van der Waals surface area contributed by atoms with Gasteiger partial charge >= 0.3 is 0 Å². The molecule has 0 spiro atoms. The van der Waals surface area contributed by atoms with Gasteiger partial charge in [0, 0.05) is 31.9 Å². The van der Waals surface area contributed by atoms with Crippen molar-refractivity contribution >= 4 is 5.91 Å². The average Bonchev–Trinajstić information content (AvgIpc) is 3.11. The van der Waals surface area contributed by atoms with Crippen LogP contribution in [0.15, 0.2) is 30.6 Å². The molecular formula is C19H24FN3O2. The number of aromatic nitrogens is 2. The van der Waals surface area contributed by atoms with E-state index < -0.39 is 5.82 Å². The first-order valence-electron chi connectivity index (χ1n) is 8.74. The lowest BCUT2D eigenvalue weighted by Crippen LogP contribution is -2.41. The summed E-state index contributed by atoms with van der Waals surface area (Å²) in [5, 5.41) is 0. The maximum Gasteiger partial charge on any atom is 0.227 e. The lowest BCUT2D eigenvalue weighted by Gasteiger charge is -2.34. The first-order valence-corrected chi connectivity index (χ1v) is 8.74. The standard InChI is InChI=1S/C19H24FN3O2/c1-3-18-21-8-10-23(18)15-5-4-9-22(13-15)19(24)12-14-6-7-17(25-2)16(20)11-14/h6-8,10-11,15H,3-5,9,12-13H2,1-2H3/t15-/m0/s1. The van der Waals surface area contributed by atoms with Gasteiger partial charge < -0.3 is 14.2 Å². The van der Waals surface area contributed by atoms with E-state index in [9.17, 15) is 9.18 Å². The Bertz CT molecular complexity index is 744. The third kappa shape index (κ3) is 3.83. The minimum absolute atomic E-state index is 0.0347. The van der Waals surface area contributed by atoms with E-state index in [-0.39, 0.29) is 24.1 Å². The molecule has 6 heteroatoms. The van der Waals surface area contributed by atoms with Crippen molar-refractivity contribution < 1.29 is 13.9 Å². The Hall–Kier alpha value is -2.37. The monoisotopic (exact) mass is 345 g/mol. The van der Waals surface area contributed by atoms with Crippen LogP contribution in [0, 0.1) is 5.82 Å². The van der Waals surface area contributed by atoms with Crippen molar-refractivity contribution in [3.8, 4) is 5.75 Å². The van der Waals surface area contributed by atoms with Crippen LogP contribution in [0.5, 0.6) is 5.75 Å². The minimum Gasteiger partial charge on any atom is -0.494 e. The number of amides is 1. The lowest BCUT2D eigenvalue weighted by atomic mass is 10.0. The molecule has 0 saturated carbocycles. The largest absolute Gasteiger partial charge is 0.494 e. The molecule has 1 aliphatic rings. The highest BCUT2D eigenvalue weighted by molar-refractivity contribution is 5.79. The highest BCUT2D eigenvalue weighted by atomic mass is 19.1. The Morgan fingerprint density at radius 3 is 3.00 bits per heavy atom. The highest BCUT2D eigenvalue weighted by Crippen LogP contribution is 2.24. The topological polar surface area (TPSA) is 47.4 Å². The number of aryl methyl sites for hydroxylation is 1. The molecule has 0 N–H and O–H groups in total. The quantitative estimate of drug-likeness (QED) is 0.837. The average molecular weight is 345 g/mol.